The zero-order valence-corrected chi connectivity index (χ0v) is 26.4. The number of likely N-dealkylation sites (tertiary alicyclic amines) is 2. The minimum absolute atomic E-state index is 0.0523. The molecule has 0 N–H and O–H groups in total. The summed E-state index contributed by atoms with van der Waals surface area (Å²) in [6, 6.07) is 32.0. The van der Waals surface area contributed by atoms with Gasteiger partial charge < -0.3 is 9.47 Å². The molecule has 7 nitrogen and oxygen atoms in total. The molecule has 8 rings (SSSR count). The normalized spacial score (nSPS) is 21.7. The SMILES string of the molecule is c1ccc([C@@H]2COC(c3cc(-c4cc(CN5CCCC5)cc(CN5CCCC5)c4)cc(C4=N[C@H](c5ccccc5)CO4)n3)=N2)cc1. The molecule has 0 saturated carbocycles. The molecule has 0 aliphatic carbocycles. The summed E-state index contributed by atoms with van der Waals surface area (Å²) < 4.78 is 12.4. The molecule has 4 aliphatic heterocycles. The van der Waals surface area contributed by atoms with E-state index < -0.39 is 0 Å². The highest BCUT2D eigenvalue weighted by molar-refractivity contribution is 5.99. The third-order valence-corrected chi connectivity index (χ3v) is 9.53. The van der Waals surface area contributed by atoms with Gasteiger partial charge in [0.1, 0.15) is 36.7 Å². The van der Waals surface area contributed by atoms with Crippen LogP contribution in [0.1, 0.15) is 71.4 Å². The zero-order chi connectivity index (χ0) is 30.7. The first-order valence-electron chi connectivity index (χ1n) is 16.9. The Morgan fingerprint density at radius 3 is 1.43 bits per heavy atom. The Hall–Kier alpha value is -4.33. The van der Waals surface area contributed by atoms with Gasteiger partial charge in [0.25, 0.3) is 0 Å². The quantitative estimate of drug-likeness (QED) is 0.205. The van der Waals surface area contributed by atoms with E-state index in [0.29, 0.717) is 36.4 Å². The van der Waals surface area contributed by atoms with E-state index in [4.69, 9.17) is 24.4 Å². The highest BCUT2D eigenvalue weighted by Crippen LogP contribution is 2.31. The van der Waals surface area contributed by atoms with Gasteiger partial charge in [0.15, 0.2) is 0 Å². The summed E-state index contributed by atoms with van der Waals surface area (Å²) in [7, 11) is 0. The average molecular weight is 612 g/mol. The van der Waals surface area contributed by atoms with Crippen molar-refractivity contribution in [1.82, 2.24) is 14.8 Å². The van der Waals surface area contributed by atoms with Gasteiger partial charge in [0.05, 0.1) is 0 Å². The van der Waals surface area contributed by atoms with Gasteiger partial charge in [0.2, 0.25) is 11.8 Å². The molecule has 1 aromatic heterocycles. The molecule has 46 heavy (non-hydrogen) atoms. The van der Waals surface area contributed by atoms with Crippen LogP contribution in [0.4, 0.5) is 0 Å². The fourth-order valence-electron chi connectivity index (χ4n) is 7.15. The van der Waals surface area contributed by atoms with E-state index in [0.717, 1.165) is 29.8 Å². The van der Waals surface area contributed by atoms with Crippen molar-refractivity contribution in [3.63, 3.8) is 0 Å². The van der Waals surface area contributed by atoms with E-state index >= 15 is 0 Å². The van der Waals surface area contributed by atoms with Gasteiger partial charge in [-0.1, -0.05) is 66.7 Å². The summed E-state index contributed by atoms with van der Waals surface area (Å²) in [5.74, 6) is 1.14. The van der Waals surface area contributed by atoms with Gasteiger partial charge >= 0.3 is 0 Å². The molecule has 234 valence electrons. The first kappa shape index (κ1) is 29.1. The lowest BCUT2D eigenvalue weighted by molar-refractivity contribution is 0.317. The second kappa shape index (κ2) is 13.2. The van der Waals surface area contributed by atoms with Crippen LogP contribution in [-0.2, 0) is 22.6 Å². The summed E-state index contributed by atoms with van der Waals surface area (Å²) in [6.45, 7) is 7.66. The molecular formula is C39H41N5O2. The Kier molecular flexibility index (Phi) is 8.34. The Labute approximate surface area is 271 Å². The largest absolute Gasteiger partial charge is 0.474 e. The number of pyridine rings is 1. The van der Waals surface area contributed by atoms with Crippen LogP contribution < -0.4 is 0 Å². The van der Waals surface area contributed by atoms with Gasteiger partial charge in [-0.15, -0.1) is 0 Å². The smallest absolute Gasteiger partial charge is 0.236 e. The minimum atomic E-state index is -0.0523. The van der Waals surface area contributed by atoms with Crippen molar-refractivity contribution in [3.8, 4) is 11.1 Å². The van der Waals surface area contributed by atoms with Crippen molar-refractivity contribution in [2.75, 3.05) is 39.4 Å². The predicted molar refractivity (Wildman–Crippen MR) is 182 cm³/mol. The molecule has 0 unspecified atom stereocenters. The number of benzene rings is 3. The summed E-state index contributed by atoms with van der Waals surface area (Å²) >= 11 is 0. The topological polar surface area (TPSA) is 62.5 Å². The van der Waals surface area contributed by atoms with E-state index in [-0.39, 0.29) is 12.1 Å². The first-order chi connectivity index (χ1) is 22.7. The highest BCUT2D eigenvalue weighted by atomic mass is 16.5. The lowest BCUT2D eigenvalue weighted by atomic mass is 9.98. The molecular weight excluding hydrogens is 570 g/mol. The molecule has 0 amide bonds. The Balaban J connectivity index is 1.19. The molecule has 2 saturated heterocycles. The number of nitrogens with zero attached hydrogens (tertiary/aromatic N) is 5. The van der Waals surface area contributed by atoms with Crippen molar-refractivity contribution in [1.29, 1.82) is 0 Å². The van der Waals surface area contributed by atoms with E-state index in [1.807, 2.05) is 36.4 Å². The molecule has 5 heterocycles. The molecule has 0 radical (unpaired) electrons. The zero-order valence-electron chi connectivity index (χ0n) is 26.4. The van der Waals surface area contributed by atoms with Crippen LogP contribution in [0.2, 0.25) is 0 Å². The van der Waals surface area contributed by atoms with E-state index in [1.165, 1.54) is 68.6 Å². The lowest BCUT2D eigenvalue weighted by Gasteiger charge is -2.20. The Morgan fingerprint density at radius 1 is 0.543 bits per heavy atom. The van der Waals surface area contributed by atoms with Crippen LogP contribution in [0.3, 0.4) is 0 Å². The van der Waals surface area contributed by atoms with Crippen molar-refractivity contribution in [2.24, 2.45) is 9.98 Å². The summed E-state index contributed by atoms with van der Waals surface area (Å²) in [5.41, 5.74) is 8.71. The van der Waals surface area contributed by atoms with Crippen molar-refractivity contribution in [3.05, 3.63) is 125 Å². The standard InChI is InChI=1S/C39H41N5O2/c1-3-11-30(12-4-1)36-26-45-38(41-36)34-22-33(23-35(40-34)39-42-37(27-46-39)31-13-5-2-6-14-31)32-20-28(24-43-15-7-8-16-43)19-29(21-32)25-44-17-9-10-18-44/h1-6,11-14,19-23,36-37H,7-10,15-18,24-27H2/t36-,37-/m0/s1. The number of ether oxygens (including phenoxy) is 2. The summed E-state index contributed by atoms with van der Waals surface area (Å²) in [5, 5.41) is 0. The van der Waals surface area contributed by atoms with Crippen LogP contribution in [0, 0.1) is 0 Å². The van der Waals surface area contributed by atoms with E-state index in [9.17, 15) is 0 Å². The highest BCUT2D eigenvalue weighted by Gasteiger charge is 2.27. The monoisotopic (exact) mass is 611 g/mol. The van der Waals surface area contributed by atoms with Gasteiger partial charge in [-0.05, 0) is 110 Å². The minimum Gasteiger partial charge on any atom is -0.474 e. The maximum atomic E-state index is 6.22. The third-order valence-electron chi connectivity index (χ3n) is 9.53. The molecule has 0 spiro atoms. The van der Waals surface area contributed by atoms with Gasteiger partial charge in [-0.25, -0.2) is 15.0 Å². The van der Waals surface area contributed by atoms with Gasteiger partial charge in [-0.2, -0.15) is 0 Å². The number of hydrogen-bond acceptors (Lipinski definition) is 7. The molecule has 4 aliphatic rings. The Bertz CT molecular complexity index is 1610. The van der Waals surface area contributed by atoms with Crippen LogP contribution >= 0.6 is 0 Å². The van der Waals surface area contributed by atoms with Crippen LogP contribution in [-0.4, -0.2) is 66.0 Å². The van der Waals surface area contributed by atoms with Crippen molar-refractivity contribution >= 4 is 11.8 Å². The van der Waals surface area contributed by atoms with Crippen molar-refractivity contribution < 1.29 is 9.47 Å². The molecule has 2 fully saturated rings. The fraction of sp³-hybridized carbons (Fsp3) is 0.359. The third kappa shape index (κ3) is 6.48. The van der Waals surface area contributed by atoms with Crippen LogP contribution in [0.15, 0.2) is 101 Å². The van der Waals surface area contributed by atoms with E-state index in [1.54, 1.807) is 0 Å². The predicted octanol–water partition coefficient (Wildman–Crippen LogP) is 6.98. The molecule has 3 aromatic carbocycles. The molecule has 7 heteroatoms. The summed E-state index contributed by atoms with van der Waals surface area (Å²) in [4.78, 5) is 20.2. The molecule has 2 atom stereocenters. The number of hydrogen-bond donors (Lipinski definition) is 0. The maximum Gasteiger partial charge on any atom is 0.236 e. The number of aliphatic imine (C=N–C) groups is 2. The second-order valence-corrected chi connectivity index (χ2v) is 13.0. The average Bonchev–Trinajstić information content (AvgIpc) is 3.94. The van der Waals surface area contributed by atoms with E-state index in [2.05, 4.69) is 64.4 Å². The van der Waals surface area contributed by atoms with Crippen LogP contribution in [0.25, 0.3) is 11.1 Å². The second-order valence-electron chi connectivity index (χ2n) is 13.0. The number of rotatable bonds is 9. The first-order valence-corrected chi connectivity index (χ1v) is 16.9. The van der Waals surface area contributed by atoms with Crippen LogP contribution in [0.5, 0.6) is 0 Å². The number of aromatic nitrogens is 1. The lowest BCUT2D eigenvalue weighted by Crippen LogP contribution is -2.20. The Morgan fingerprint density at radius 2 is 0.978 bits per heavy atom. The molecule has 4 aromatic rings. The maximum absolute atomic E-state index is 6.22. The van der Waals surface area contributed by atoms with Gasteiger partial charge in [0, 0.05) is 13.1 Å². The fourth-order valence-corrected chi connectivity index (χ4v) is 7.15. The van der Waals surface area contributed by atoms with Crippen molar-refractivity contribution in [2.45, 2.75) is 50.9 Å². The summed E-state index contributed by atoms with van der Waals surface area (Å²) in [6.07, 6.45) is 5.15. The molecule has 0 bridgehead atoms. The van der Waals surface area contributed by atoms with Gasteiger partial charge in [-0.3, -0.25) is 9.80 Å².